The van der Waals surface area contributed by atoms with Gasteiger partial charge in [-0.15, -0.1) is 23.2 Å². The summed E-state index contributed by atoms with van der Waals surface area (Å²) in [5, 5.41) is 4.11. The van der Waals surface area contributed by atoms with Gasteiger partial charge in [-0.3, -0.25) is 4.79 Å². The molecule has 22 heavy (non-hydrogen) atoms. The van der Waals surface area contributed by atoms with Crippen LogP contribution in [0.15, 0.2) is 42.0 Å². The fraction of sp³-hybridized carbons (Fsp3) is 0.375. The molecule has 0 spiro atoms. The second-order valence-electron chi connectivity index (χ2n) is 5.48. The second kappa shape index (κ2) is 6.31. The van der Waals surface area contributed by atoms with Crippen molar-refractivity contribution in [3.63, 3.8) is 0 Å². The van der Waals surface area contributed by atoms with Crippen molar-refractivity contribution in [3.05, 3.63) is 42.5 Å². The van der Waals surface area contributed by atoms with Crippen molar-refractivity contribution in [1.82, 2.24) is 5.43 Å². The Morgan fingerprint density at radius 3 is 2.82 bits per heavy atom. The standard InChI is InChI=1S/C16H18Cl2N2O2/c1-4-8-22-13-7-5-6-12(9-13)11(2)19-20-14(21)15(3)10-16(15,17)18/h4-7,9H,1,8,10H2,2-3H3,(H,20,21)/b19-11-/t15-/m0/s1. The van der Waals surface area contributed by atoms with Crippen LogP contribution < -0.4 is 10.2 Å². The van der Waals surface area contributed by atoms with Gasteiger partial charge in [-0.05, 0) is 32.4 Å². The molecule has 0 aliphatic heterocycles. The molecule has 2 rings (SSSR count). The van der Waals surface area contributed by atoms with Crippen LogP contribution in [0.5, 0.6) is 5.75 Å². The number of ether oxygens (including phenoxy) is 1. The predicted octanol–water partition coefficient (Wildman–Crippen LogP) is 3.68. The number of amides is 1. The molecule has 1 amide bonds. The molecule has 118 valence electrons. The molecule has 1 atom stereocenters. The second-order valence-corrected chi connectivity index (χ2v) is 6.96. The van der Waals surface area contributed by atoms with Crippen LogP contribution in [0, 0.1) is 5.41 Å². The van der Waals surface area contributed by atoms with Crippen LogP contribution >= 0.6 is 23.2 Å². The number of rotatable bonds is 6. The Balaban J connectivity index is 2.03. The van der Waals surface area contributed by atoms with Gasteiger partial charge in [-0.1, -0.05) is 24.8 Å². The molecular formula is C16H18Cl2N2O2. The van der Waals surface area contributed by atoms with Gasteiger partial charge < -0.3 is 4.74 Å². The first kappa shape index (κ1) is 16.8. The molecule has 0 aromatic heterocycles. The number of benzene rings is 1. The number of halogens is 2. The third-order valence-corrected chi connectivity index (χ3v) is 4.81. The van der Waals surface area contributed by atoms with Gasteiger partial charge in [0.15, 0.2) is 0 Å². The smallest absolute Gasteiger partial charge is 0.249 e. The quantitative estimate of drug-likeness (QED) is 0.371. The molecular weight excluding hydrogens is 323 g/mol. The minimum absolute atomic E-state index is 0.282. The molecule has 1 aliphatic carbocycles. The van der Waals surface area contributed by atoms with Crippen LogP contribution in [0.2, 0.25) is 0 Å². The fourth-order valence-corrected chi connectivity index (χ4v) is 2.64. The lowest BCUT2D eigenvalue weighted by atomic mass is 10.1. The lowest BCUT2D eigenvalue weighted by Crippen LogP contribution is -2.30. The van der Waals surface area contributed by atoms with Gasteiger partial charge in [-0.25, -0.2) is 5.43 Å². The van der Waals surface area contributed by atoms with E-state index in [4.69, 9.17) is 27.9 Å². The topological polar surface area (TPSA) is 50.7 Å². The minimum Gasteiger partial charge on any atom is -0.490 e. The molecule has 0 saturated heterocycles. The highest BCUT2D eigenvalue weighted by Gasteiger charge is 2.68. The van der Waals surface area contributed by atoms with Gasteiger partial charge in [0.1, 0.15) is 16.7 Å². The molecule has 0 bridgehead atoms. The van der Waals surface area contributed by atoms with Crippen molar-refractivity contribution in [2.45, 2.75) is 24.6 Å². The lowest BCUT2D eigenvalue weighted by molar-refractivity contribution is -0.125. The van der Waals surface area contributed by atoms with Crippen molar-refractivity contribution in [2.24, 2.45) is 10.5 Å². The first-order valence-electron chi connectivity index (χ1n) is 6.87. The van der Waals surface area contributed by atoms with Gasteiger partial charge in [-0.2, -0.15) is 5.10 Å². The number of hydrogen-bond acceptors (Lipinski definition) is 3. The Morgan fingerprint density at radius 2 is 2.23 bits per heavy atom. The Hall–Kier alpha value is -1.52. The summed E-state index contributed by atoms with van der Waals surface area (Å²) in [5.41, 5.74) is 3.26. The van der Waals surface area contributed by atoms with Gasteiger partial charge in [0, 0.05) is 5.56 Å². The molecule has 1 N–H and O–H groups in total. The third kappa shape index (κ3) is 3.45. The zero-order valence-corrected chi connectivity index (χ0v) is 14.0. The summed E-state index contributed by atoms with van der Waals surface area (Å²) in [7, 11) is 0. The first-order valence-corrected chi connectivity index (χ1v) is 7.62. The maximum absolute atomic E-state index is 12.1. The van der Waals surface area contributed by atoms with Crippen LogP contribution in [0.3, 0.4) is 0 Å². The Labute approximate surface area is 140 Å². The monoisotopic (exact) mass is 340 g/mol. The van der Waals surface area contributed by atoms with Crippen molar-refractivity contribution in [2.75, 3.05) is 6.61 Å². The number of carbonyl (C=O) groups excluding carboxylic acids is 1. The van der Waals surface area contributed by atoms with E-state index in [1.807, 2.05) is 24.3 Å². The van der Waals surface area contributed by atoms with E-state index in [9.17, 15) is 4.79 Å². The molecule has 1 aliphatic rings. The molecule has 1 aromatic carbocycles. The fourth-order valence-electron chi connectivity index (χ4n) is 1.93. The largest absolute Gasteiger partial charge is 0.490 e. The molecule has 0 unspecified atom stereocenters. The van der Waals surface area contributed by atoms with Crippen LogP contribution in [-0.4, -0.2) is 22.6 Å². The van der Waals surface area contributed by atoms with Crippen molar-refractivity contribution >= 4 is 34.8 Å². The van der Waals surface area contributed by atoms with E-state index in [1.165, 1.54) is 0 Å². The number of nitrogens with zero attached hydrogens (tertiary/aromatic N) is 1. The zero-order valence-electron chi connectivity index (χ0n) is 12.5. The highest BCUT2D eigenvalue weighted by Crippen LogP contribution is 2.63. The summed E-state index contributed by atoms with van der Waals surface area (Å²) in [6, 6.07) is 7.44. The van der Waals surface area contributed by atoms with Gasteiger partial charge in [0.05, 0.1) is 11.1 Å². The average molecular weight is 341 g/mol. The van der Waals surface area contributed by atoms with Crippen molar-refractivity contribution in [3.8, 4) is 5.75 Å². The SMILES string of the molecule is C=CCOc1cccc(/C(C)=N\NC(=O)[C@]2(C)CC2(Cl)Cl)c1. The summed E-state index contributed by atoms with van der Waals surface area (Å²) in [4.78, 5) is 12.1. The van der Waals surface area contributed by atoms with E-state index in [0.717, 1.165) is 5.56 Å². The van der Waals surface area contributed by atoms with E-state index in [2.05, 4.69) is 17.1 Å². The maximum Gasteiger partial charge on any atom is 0.249 e. The molecule has 0 heterocycles. The van der Waals surface area contributed by atoms with Crippen molar-refractivity contribution < 1.29 is 9.53 Å². The molecule has 1 aromatic rings. The zero-order chi connectivity index (χ0) is 16.4. The van der Waals surface area contributed by atoms with Gasteiger partial charge >= 0.3 is 0 Å². The summed E-state index contributed by atoms with van der Waals surface area (Å²) < 4.78 is 4.47. The van der Waals surface area contributed by atoms with Crippen LogP contribution in [0.25, 0.3) is 0 Å². The molecule has 4 nitrogen and oxygen atoms in total. The summed E-state index contributed by atoms with van der Waals surface area (Å²) in [6.45, 7) is 7.56. The Morgan fingerprint density at radius 1 is 1.55 bits per heavy atom. The number of nitrogens with one attached hydrogen (secondary N) is 1. The Kier molecular flexibility index (Phi) is 4.83. The van der Waals surface area contributed by atoms with Gasteiger partial charge in [0.2, 0.25) is 5.91 Å². The van der Waals surface area contributed by atoms with Crippen LogP contribution in [0.1, 0.15) is 25.8 Å². The highest BCUT2D eigenvalue weighted by molar-refractivity contribution is 6.53. The van der Waals surface area contributed by atoms with Gasteiger partial charge in [0.25, 0.3) is 0 Å². The lowest BCUT2D eigenvalue weighted by Gasteiger charge is -2.10. The Bertz CT molecular complexity index is 628. The van der Waals surface area contributed by atoms with E-state index >= 15 is 0 Å². The highest BCUT2D eigenvalue weighted by atomic mass is 35.5. The normalized spacial score (nSPS) is 22.8. The van der Waals surface area contributed by atoms with Crippen LogP contribution in [-0.2, 0) is 4.79 Å². The van der Waals surface area contributed by atoms with E-state index in [0.29, 0.717) is 24.5 Å². The average Bonchev–Trinajstić information content (AvgIpc) is 3.02. The van der Waals surface area contributed by atoms with E-state index in [1.54, 1.807) is 19.9 Å². The number of carbonyl (C=O) groups is 1. The number of hydrazone groups is 1. The van der Waals surface area contributed by atoms with E-state index < -0.39 is 9.75 Å². The summed E-state index contributed by atoms with van der Waals surface area (Å²) >= 11 is 12.0. The third-order valence-electron chi connectivity index (χ3n) is 3.70. The summed E-state index contributed by atoms with van der Waals surface area (Å²) in [5.74, 6) is 0.434. The molecule has 1 saturated carbocycles. The molecule has 6 heteroatoms. The number of hydrogen-bond donors (Lipinski definition) is 1. The van der Waals surface area contributed by atoms with Crippen LogP contribution in [0.4, 0.5) is 0 Å². The van der Waals surface area contributed by atoms with Crippen molar-refractivity contribution in [1.29, 1.82) is 0 Å². The van der Waals surface area contributed by atoms with E-state index in [-0.39, 0.29) is 5.91 Å². The summed E-state index contributed by atoms with van der Waals surface area (Å²) in [6.07, 6.45) is 2.10. The molecule has 1 fully saturated rings. The first-order chi connectivity index (χ1) is 10.3. The number of alkyl halides is 2. The minimum atomic E-state index is -1.00. The molecule has 0 radical (unpaired) electrons. The maximum atomic E-state index is 12.1. The predicted molar refractivity (Wildman–Crippen MR) is 89.6 cm³/mol.